The number of thioether (sulfide) groups is 1. The number of benzene rings is 1. The van der Waals surface area contributed by atoms with Crippen molar-refractivity contribution in [1.82, 2.24) is 4.90 Å². The smallest absolute Gasteiger partial charge is 0.253 e. The number of aryl methyl sites for hydroxylation is 1. The SMILES string of the molecule is CCN(C)C(=O)c1cc(SC)ccc1C. The Balaban J connectivity index is 3.07. The Bertz CT molecular complexity index is 363. The number of rotatable bonds is 3. The molecule has 0 heterocycles. The van der Waals surface area contributed by atoms with Crippen molar-refractivity contribution in [3.05, 3.63) is 29.3 Å². The van der Waals surface area contributed by atoms with Crippen LogP contribution in [0.15, 0.2) is 23.1 Å². The fourth-order valence-corrected chi connectivity index (χ4v) is 1.75. The van der Waals surface area contributed by atoms with Gasteiger partial charge in [0, 0.05) is 24.1 Å². The molecule has 0 aromatic heterocycles. The van der Waals surface area contributed by atoms with Crippen LogP contribution in [0.2, 0.25) is 0 Å². The van der Waals surface area contributed by atoms with Crippen LogP contribution in [0.3, 0.4) is 0 Å². The summed E-state index contributed by atoms with van der Waals surface area (Å²) in [5.74, 6) is 0.103. The zero-order chi connectivity index (χ0) is 11.4. The summed E-state index contributed by atoms with van der Waals surface area (Å²) in [4.78, 5) is 14.8. The first-order valence-corrected chi connectivity index (χ1v) is 6.22. The molecule has 0 fully saturated rings. The summed E-state index contributed by atoms with van der Waals surface area (Å²) in [6.07, 6.45) is 2.02. The molecule has 0 radical (unpaired) electrons. The number of hydrogen-bond acceptors (Lipinski definition) is 2. The molecule has 1 amide bonds. The van der Waals surface area contributed by atoms with E-state index in [-0.39, 0.29) is 5.91 Å². The number of carbonyl (C=O) groups excluding carboxylic acids is 1. The second-order valence-electron chi connectivity index (χ2n) is 3.50. The maximum atomic E-state index is 12.0. The van der Waals surface area contributed by atoms with Crippen molar-refractivity contribution in [2.75, 3.05) is 19.8 Å². The van der Waals surface area contributed by atoms with Gasteiger partial charge in [-0.05, 0) is 37.8 Å². The molecule has 0 spiro atoms. The zero-order valence-corrected chi connectivity index (χ0v) is 10.5. The van der Waals surface area contributed by atoms with E-state index in [0.717, 1.165) is 22.6 Å². The minimum absolute atomic E-state index is 0.103. The molecule has 1 rings (SSSR count). The molecule has 0 aliphatic carbocycles. The normalized spacial score (nSPS) is 10.1. The van der Waals surface area contributed by atoms with E-state index in [0.29, 0.717) is 0 Å². The van der Waals surface area contributed by atoms with Crippen LogP contribution in [0.5, 0.6) is 0 Å². The molecule has 1 aromatic rings. The Kier molecular flexibility index (Phi) is 4.21. The molecule has 0 saturated carbocycles. The van der Waals surface area contributed by atoms with Crippen LogP contribution in [0.25, 0.3) is 0 Å². The van der Waals surface area contributed by atoms with E-state index in [4.69, 9.17) is 0 Å². The fourth-order valence-electron chi connectivity index (χ4n) is 1.31. The first kappa shape index (κ1) is 12.1. The van der Waals surface area contributed by atoms with Crippen LogP contribution in [-0.2, 0) is 0 Å². The molecule has 1 aromatic carbocycles. The van der Waals surface area contributed by atoms with Crippen LogP contribution in [0.4, 0.5) is 0 Å². The second kappa shape index (κ2) is 5.21. The third-order valence-electron chi connectivity index (χ3n) is 2.50. The maximum Gasteiger partial charge on any atom is 0.253 e. The van der Waals surface area contributed by atoms with Crippen molar-refractivity contribution in [2.24, 2.45) is 0 Å². The van der Waals surface area contributed by atoms with E-state index in [1.807, 2.05) is 45.4 Å². The van der Waals surface area contributed by atoms with Crippen molar-refractivity contribution in [1.29, 1.82) is 0 Å². The second-order valence-corrected chi connectivity index (χ2v) is 4.38. The predicted molar refractivity (Wildman–Crippen MR) is 65.6 cm³/mol. The van der Waals surface area contributed by atoms with E-state index in [1.165, 1.54) is 0 Å². The van der Waals surface area contributed by atoms with Crippen LogP contribution in [0.1, 0.15) is 22.8 Å². The number of hydrogen-bond donors (Lipinski definition) is 0. The van der Waals surface area contributed by atoms with Gasteiger partial charge in [0.05, 0.1) is 0 Å². The summed E-state index contributed by atoms with van der Waals surface area (Å²) < 4.78 is 0. The molecule has 3 heteroatoms. The average Bonchev–Trinajstić information content (AvgIpc) is 2.27. The first-order chi connectivity index (χ1) is 7.10. The van der Waals surface area contributed by atoms with Gasteiger partial charge in [0.2, 0.25) is 0 Å². The number of amides is 1. The van der Waals surface area contributed by atoms with Gasteiger partial charge in [-0.3, -0.25) is 4.79 Å². The van der Waals surface area contributed by atoms with Gasteiger partial charge >= 0.3 is 0 Å². The molecule has 0 unspecified atom stereocenters. The fraction of sp³-hybridized carbons (Fsp3) is 0.417. The lowest BCUT2D eigenvalue weighted by Crippen LogP contribution is -2.26. The molecule has 0 atom stereocenters. The Labute approximate surface area is 95.7 Å². The zero-order valence-electron chi connectivity index (χ0n) is 9.70. The average molecular weight is 223 g/mol. The van der Waals surface area contributed by atoms with Crippen molar-refractivity contribution >= 4 is 17.7 Å². The highest BCUT2D eigenvalue weighted by atomic mass is 32.2. The quantitative estimate of drug-likeness (QED) is 0.734. The summed E-state index contributed by atoms with van der Waals surface area (Å²) in [6.45, 7) is 4.69. The lowest BCUT2D eigenvalue weighted by Gasteiger charge is -2.16. The van der Waals surface area contributed by atoms with Crippen molar-refractivity contribution in [3.8, 4) is 0 Å². The largest absolute Gasteiger partial charge is 0.342 e. The Morgan fingerprint density at radius 3 is 2.67 bits per heavy atom. The minimum Gasteiger partial charge on any atom is -0.342 e. The van der Waals surface area contributed by atoms with Gasteiger partial charge in [-0.1, -0.05) is 6.07 Å². The summed E-state index contributed by atoms with van der Waals surface area (Å²) in [5, 5.41) is 0. The van der Waals surface area contributed by atoms with Gasteiger partial charge in [-0.2, -0.15) is 0 Å². The third-order valence-corrected chi connectivity index (χ3v) is 3.22. The minimum atomic E-state index is 0.103. The maximum absolute atomic E-state index is 12.0. The van der Waals surface area contributed by atoms with Gasteiger partial charge in [-0.25, -0.2) is 0 Å². The molecule has 15 heavy (non-hydrogen) atoms. The van der Waals surface area contributed by atoms with Crippen molar-refractivity contribution in [3.63, 3.8) is 0 Å². The van der Waals surface area contributed by atoms with E-state index in [2.05, 4.69) is 0 Å². The molecule has 0 saturated heterocycles. The Morgan fingerprint density at radius 2 is 2.13 bits per heavy atom. The van der Waals surface area contributed by atoms with Crippen molar-refractivity contribution < 1.29 is 4.79 Å². The van der Waals surface area contributed by atoms with Gasteiger partial charge in [-0.15, -0.1) is 11.8 Å². The monoisotopic (exact) mass is 223 g/mol. The van der Waals surface area contributed by atoms with E-state index in [9.17, 15) is 4.79 Å². The molecule has 0 aliphatic rings. The van der Waals surface area contributed by atoms with Gasteiger partial charge in [0.15, 0.2) is 0 Å². The van der Waals surface area contributed by atoms with Crippen LogP contribution in [-0.4, -0.2) is 30.7 Å². The summed E-state index contributed by atoms with van der Waals surface area (Å²) in [6, 6.07) is 6.01. The first-order valence-electron chi connectivity index (χ1n) is 5.00. The number of carbonyl (C=O) groups is 1. The number of nitrogens with zero attached hydrogens (tertiary/aromatic N) is 1. The van der Waals surface area contributed by atoms with E-state index < -0.39 is 0 Å². The molecular formula is C12H17NOS. The van der Waals surface area contributed by atoms with Gasteiger partial charge in [0.1, 0.15) is 0 Å². The van der Waals surface area contributed by atoms with Crippen LogP contribution in [0, 0.1) is 6.92 Å². The lowest BCUT2D eigenvalue weighted by atomic mass is 10.1. The Morgan fingerprint density at radius 1 is 1.47 bits per heavy atom. The van der Waals surface area contributed by atoms with Gasteiger partial charge in [0.25, 0.3) is 5.91 Å². The molecule has 2 nitrogen and oxygen atoms in total. The van der Waals surface area contributed by atoms with Crippen LogP contribution >= 0.6 is 11.8 Å². The van der Waals surface area contributed by atoms with E-state index >= 15 is 0 Å². The standard InChI is InChI=1S/C12H17NOS/c1-5-13(3)12(14)11-8-10(15-4)7-6-9(11)2/h6-8H,5H2,1-4H3. The van der Waals surface area contributed by atoms with Gasteiger partial charge < -0.3 is 4.90 Å². The van der Waals surface area contributed by atoms with Crippen LogP contribution < -0.4 is 0 Å². The molecular weight excluding hydrogens is 206 g/mol. The molecule has 0 bridgehead atoms. The highest BCUT2D eigenvalue weighted by Gasteiger charge is 2.12. The Hall–Kier alpha value is -0.960. The topological polar surface area (TPSA) is 20.3 Å². The molecule has 0 N–H and O–H groups in total. The predicted octanol–water partition coefficient (Wildman–Crippen LogP) is 2.81. The molecule has 0 aliphatic heterocycles. The van der Waals surface area contributed by atoms with E-state index in [1.54, 1.807) is 16.7 Å². The summed E-state index contributed by atoms with van der Waals surface area (Å²) in [5.41, 5.74) is 1.85. The highest BCUT2D eigenvalue weighted by molar-refractivity contribution is 7.98. The lowest BCUT2D eigenvalue weighted by molar-refractivity contribution is 0.0801. The summed E-state index contributed by atoms with van der Waals surface area (Å²) >= 11 is 1.66. The molecule has 82 valence electrons. The summed E-state index contributed by atoms with van der Waals surface area (Å²) in [7, 11) is 1.83. The third kappa shape index (κ3) is 2.75. The van der Waals surface area contributed by atoms with Crippen molar-refractivity contribution in [2.45, 2.75) is 18.7 Å². The highest BCUT2D eigenvalue weighted by Crippen LogP contribution is 2.19.